The van der Waals surface area contributed by atoms with Gasteiger partial charge in [-0.3, -0.25) is 4.79 Å². The molecule has 0 heterocycles. The van der Waals surface area contributed by atoms with Gasteiger partial charge >= 0.3 is 13.1 Å². The number of halogens is 3. The average molecular weight is 481 g/mol. The molecule has 0 radical (unpaired) electrons. The van der Waals surface area contributed by atoms with Crippen LogP contribution in [0.5, 0.6) is 0 Å². The number of carbonyl (C=O) groups is 1. The van der Waals surface area contributed by atoms with Crippen LogP contribution in [0.15, 0.2) is 36.4 Å². The lowest BCUT2D eigenvalue weighted by Gasteiger charge is -2.45. The molecular weight excluding hydrogens is 453 g/mol. The van der Waals surface area contributed by atoms with Crippen LogP contribution in [0.4, 0.5) is 8.78 Å². The molecule has 2 aromatic carbocycles. The first-order chi connectivity index (χ1) is 15.6. The van der Waals surface area contributed by atoms with Crippen molar-refractivity contribution in [1.82, 2.24) is 5.32 Å². The first kappa shape index (κ1) is 25.6. The summed E-state index contributed by atoms with van der Waals surface area (Å²) in [5.41, 5.74) is 5.77. The molecule has 0 spiro atoms. The minimum Gasteiger partial charge on any atom is -0.480 e. The first-order valence-corrected chi connectivity index (χ1v) is 11.3. The molecule has 1 aliphatic rings. The van der Waals surface area contributed by atoms with Crippen LogP contribution in [0, 0.1) is 17.6 Å². The van der Waals surface area contributed by atoms with Crippen LogP contribution >= 0.6 is 11.6 Å². The molecule has 6 N–H and O–H groups in total. The zero-order chi connectivity index (χ0) is 24.2. The Bertz CT molecular complexity index is 950. The molecule has 0 saturated heterocycles. The normalized spacial score (nSPS) is 19.6. The van der Waals surface area contributed by atoms with Crippen LogP contribution in [-0.2, 0) is 11.3 Å². The van der Waals surface area contributed by atoms with E-state index in [0.29, 0.717) is 41.8 Å². The maximum Gasteiger partial charge on any atom is 0.451 e. The van der Waals surface area contributed by atoms with E-state index < -0.39 is 30.3 Å². The summed E-state index contributed by atoms with van der Waals surface area (Å²) in [4.78, 5) is 11.8. The van der Waals surface area contributed by atoms with E-state index in [1.165, 1.54) is 12.1 Å². The highest BCUT2D eigenvalue weighted by atomic mass is 35.5. The van der Waals surface area contributed by atoms with E-state index in [2.05, 4.69) is 5.32 Å². The quantitative estimate of drug-likeness (QED) is 0.248. The third-order valence-corrected chi connectivity index (χ3v) is 6.71. The van der Waals surface area contributed by atoms with Gasteiger partial charge in [-0.2, -0.15) is 0 Å². The first-order valence-electron chi connectivity index (χ1n) is 11.0. The second kappa shape index (κ2) is 10.9. The number of rotatable bonds is 11. The standard InChI is InChI=1S/C23H28BClF2N2O4/c25-17-5-3-14(4-6-17)15-9-20(26)19(21(27)10-15)13-29-18-11-16(12-18)23(28,22(30)31)7-1-2-8-24(32)33/h3-6,9-10,16,18,29,32-33H,1-2,7-8,11-13,28H2,(H,30,31)/t16?,18?,23-/m0/s1. The maximum atomic E-state index is 14.6. The fourth-order valence-electron chi connectivity index (χ4n) is 4.26. The van der Waals surface area contributed by atoms with Gasteiger partial charge in [-0.15, -0.1) is 0 Å². The summed E-state index contributed by atoms with van der Waals surface area (Å²) in [6, 6.07) is 9.16. The van der Waals surface area contributed by atoms with Crippen molar-refractivity contribution < 1.29 is 28.7 Å². The van der Waals surface area contributed by atoms with Crippen molar-refractivity contribution in [3.8, 4) is 11.1 Å². The van der Waals surface area contributed by atoms with Crippen molar-refractivity contribution in [2.45, 2.75) is 56.5 Å². The smallest absolute Gasteiger partial charge is 0.451 e. The number of nitrogens with one attached hydrogen (secondary N) is 1. The second-order valence-electron chi connectivity index (χ2n) is 8.74. The number of nitrogens with two attached hydrogens (primary N) is 1. The third kappa shape index (κ3) is 6.30. The Hall–Kier alpha value is -2.04. The largest absolute Gasteiger partial charge is 0.480 e. The van der Waals surface area contributed by atoms with E-state index in [9.17, 15) is 18.7 Å². The van der Waals surface area contributed by atoms with Crippen molar-refractivity contribution in [1.29, 1.82) is 0 Å². The summed E-state index contributed by atoms with van der Waals surface area (Å²) in [5, 5.41) is 31.1. The lowest BCUT2D eigenvalue weighted by atomic mass is 9.66. The summed E-state index contributed by atoms with van der Waals surface area (Å²) in [5.74, 6) is -2.68. The number of benzene rings is 2. The fourth-order valence-corrected chi connectivity index (χ4v) is 4.39. The molecule has 1 atom stereocenters. The van der Waals surface area contributed by atoms with E-state index >= 15 is 0 Å². The van der Waals surface area contributed by atoms with Gasteiger partial charge in [0.1, 0.15) is 17.2 Å². The van der Waals surface area contributed by atoms with Gasteiger partial charge in [-0.05, 0) is 66.9 Å². The van der Waals surface area contributed by atoms with Crippen molar-refractivity contribution in [2.75, 3.05) is 0 Å². The third-order valence-electron chi connectivity index (χ3n) is 6.45. The van der Waals surface area contributed by atoms with Crippen LogP contribution in [0.25, 0.3) is 11.1 Å². The molecule has 2 aromatic rings. The zero-order valence-corrected chi connectivity index (χ0v) is 18.9. The van der Waals surface area contributed by atoms with Crippen molar-refractivity contribution in [2.24, 2.45) is 11.7 Å². The molecule has 10 heteroatoms. The second-order valence-corrected chi connectivity index (χ2v) is 9.18. The summed E-state index contributed by atoms with van der Waals surface area (Å²) in [7, 11) is -1.42. The highest BCUT2D eigenvalue weighted by molar-refractivity contribution is 6.40. The molecule has 0 aromatic heterocycles. The molecule has 0 bridgehead atoms. The summed E-state index contributed by atoms with van der Waals surface area (Å²) >= 11 is 5.86. The topological polar surface area (TPSA) is 116 Å². The van der Waals surface area contributed by atoms with Gasteiger partial charge in [0, 0.05) is 23.2 Å². The number of hydrogen-bond acceptors (Lipinski definition) is 5. The molecule has 33 heavy (non-hydrogen) atoms. The minimum absolute atomic E-state index is 0.0189. The average Bonchev–Trinajstić information content (AvgIpc) is 2.71. The molecule has 178 valence electrons. The minimum atomic E-state index is -1.42. The summed E-state index contributed by atoms with van der Waals surface area (Å²) in [6.07, 6.45) is 2.28. The van der Waals surface area contributed by atoms with Gasteiger partial charge in [-0.25, -0.2) is 8.78 Å². The van der Waals surface area contributed by atoms with E-state index in [0.717, 1.165) is 0 Å². The fraction of sp³-hybridized carbons (Fsp3) is 0.435. The van der Waals surface area contributed by atoms with Crippen molar-refractivity contribution in [3.63, 3.8) is 0 Å². The Labute approximate surface area is 196 Å². The van der Waals surface area contributed by atoms with E-state index in [-0.39, 0.29) is 36.8 Å². The van der Waals surface area contributed by atoms with Gasteiger partial charge in [0.25, 0.3) is 0 Å². The van der Waals surface area contributed by atoms with Crippen LogP contribution < -0.4 is 11.1 Å². The lowest BCUT2D eigenvalue weighted by molar-refractivity contribution is -0.148. The maximum absolute atomic E-state index is 14.6. The number of aliphatic carboxylic acids is 1. The van der Waals surface area contributed by atoms with Gasteiger partial charge in [0.05, 0.1) is 0 Å². The number of carboxylic acids is 1. The Morgan fingerprint density at radius 2 is 1.73 bits per heavy atom. The molecule has 3 rings (SSSR count). The molecule has 1 aliphatic carbocycles. The van der Waals surface area contributed by atoms with Gasteiger partial charge in [0.2, 0.25) is 0 Å². The highest BCUT2D eigenvalue weighted by Crippen LogP contribution is 2.38. The Balaban J connectivity index is 1.55. The molecule has 6 nitrogen and oxygen atoms in total. The molecule has 0 amide bonds. The predicted molar refractivity (Wildman–Crippen MR) is 124 cm³/mol. The Morgan fingerprint density at radius 3 is 2.27 bits per heavy atom. The number of unbranched alkanes of at least 4 members (excludes halogenated alkanes) is 1. The summed E-state index contributed by atoms with van der Waals surface area (Å²) in [6.45, 7) is -0.0189. The van der Waals surface area contributed by atoms with Gasteiger partial charge < -0.3 is 26.2 Å². The van der Waals surface area contributed by atoms with E-state index in [1.54, 1.807) is 24.3 Å². The van der Waals surface area contributed by atoms with Gasteiger partial charge in [0.15, 0.2) is 0 Å². The number of carboxylic acid groups (broad SMARTS) is 1. The molecule has 0 unspecified atom stereocenters. The SMILES string of the molecule is N[C@](CCCCB(O)O)(C(=O)O)C1CC(NCc2c(F)cc(-c3ccc(Cl)cc3)cc2F)C1. The lowest BCUT2D eigenvalue weighted by Crippen LogP contribution is -2.61. The van der Waals surface area contributed by atoms with Crippen LogP contribution in [0.2, 0.25) is 11.3 Å². The summed E-state index contributed by atoms with van der Waals surface area (Å²) < 4.78 is 29.2. The zero-order valence-electron chi connectivity index (χ0n) is 18.1. The van der Waals surface area contributed by atoms with Crippen molar-refractivity contribution >= 4 is 24.7 Å². The Morgan fingerprint density at radius 1 is 1.12 bits per heavy atom. The molecule has 1 saturated carbocycles. The molecule has 0 aliphatic heterocycles. The predicted octanol–water partition coefficient (Wildman–Crippen LogP) is 3.58. The van der Waals surface area contributed by atoms with Crippen LogP contribution in [0.3, 0.4) is 0 Å². The van der Waals surface area contributed by atoms with E-state index in [1.807, 2.05) is 0 Å². The van der Waals surface area contributed by atoms with Gasteiger partial charge in [-0.1, -0.05) is 36.6 Å². The molecule has 1 fully saturated rings. The Kier molecular flexibility index (Phi) is 8.47. The van der Waals surface area contributed by atoms with E-state index in [4.69, 9.17) is 27.4 Å². The van der Waals surface area contributed by atoms with Crippen LogP contribution in [0.1, 0.15) is 37.7 Å². The van der Waals surface area contributed by atoms with Crippen LogP contribution in [-0.4, -0.2) is 39.8 Å². The van der Waals surface area contributed by atoms with Crippen molar-refractivity contribution in [3.05, 3.63) is 58.6 Å². The molecular formula is C23H28BClF2N2O4. The number of hydrogen-bond donors (Lipinski definition) is 5. The highest BCUT2D eigenvalue weighted by Gasteiger charge is 2.48. The monoisotopic (exact) mass is 480 g/mol.